The van der Waals surface area contributed by atoms with Gasteiger partial charge < -0.3 is 0 Å². The van der Waals surface area contributed by atoms with Gasteiger partial charge in [0.2, 0.25) is 0 Å². The van der Waals surface area contributed by atoms with Gasteiger partial charge in [-0.15, -0.1) is 0 Å². The third kappa shape index (κ3) is 5.81. The molecule has 1 rings (SSSR count). The van der Waals surface area contributed by atoms with Gasteiger partial charge in [0.25, 0.3) is 0 Å². The maximum atomic E-state index is 2.37. The zero-order valence-electron chi connectivity index (χ0n) is 10.5. The third-order valence-corrected chi connectivity index (χ3v) is 3.28. The van der Waals surface area contributed by atoms with Crippen LogP contribution in [0.3, 0.4) is 0 Å². The molecule has 0 bridgehead atoms. The first-order chi connectivity index (χ1) is 7.38. The second-order valence-electron chi connectivity index (χ2n) is 4.66. The van der Waals surface area contributed by atoms with Crippen LogP contribution in [-0.2, 0) is 0 Å². The molecule has 0 aromatic carbocycles. The van der Waals surface area contributed by atoms with E-state index < -0.39 is 0 Å². The highest BCUT2D eigenvalue weighted by molar-refractivity contribution is 5.21. The molecule has 0 aromatic heterocycles. The number of hydrogen-bond acceptors (Lipinski definition) is 0. The molecule has 0 N–H and O–H groups in total. The molecule has 0 nitrogen and oxygen atoms in total. The Kier molecular flexibility index (Phi) is 6.47. The molecule has 1 aliphatic rings. The zero-order chi connectivity index (χ0) is 10.9. The highest BCUT2D eigenvalue weighted by Gasteiger charge is 2.26. The summed E-state index contributed by atoms with van der Waals surface area (Å²) >= 11 is 0. The Labute approximate surface area is 95.5 Å². The lowest BCUT2D eigenvalue weighted by Gasteiger charge is -1.95. The lowest BCUT2D eigenvalue weighted by molar-refractivity contribution is 0.645. The molecule has 0 saturated heterocycles. The summed E-state index contributed by atoms with van der Waals surface area (Å²) in [5.41, 5.74) is 1.70. The zero-order valence-corrected chi connectivity index (χ0v) is 10.5. The molecular weight excluding hydrogens is 180 g/mol. The van der Waals surface area contributed by atoms with Gasteiger partial charge in [0.15, 0.2) is 0 Å². The summed E-state index contributed by atoms with van der Waals surface area (Å²) in [6.07, 6.45) is 17.9. The third-order valence-electron chi connectivity index (χ3n) is 3.28. The number of rotatable bonds is 8. The minimum atomic E-state index is 0.971. The normalized spacial score (nSPS) is 22.8. The Morgan fingerprint density at radius 1 is 1.13 bits per heavy atom. The van der Waals surface area contributed by atoms with Crippen molar-refractivity contribution in [3.05, 3.63) is 23.8 Å². The van der Waals surface area contributed by atoms with E-state index in [1.807, 2.05) is 0 Å². The van der Waals surface area contributed by atoms with Crippen LogP contribution < -0.4 is 0 Å². The molecule has 0 aliphatic heterocycles. The fraction of sp³-hybridized carbons (Fsp3) is 0.733. The van der Waals surface area contributed by atoms with E-state index in [2.05, 4.69) is 32.1 Å². The second kappa shape index (κ2) is 7.73. The van der Waals surface area contributed by atoms with Crippen molar-refractivity contribution in [1.82, 2.24) is 0 Å². The summed E-state index contributed by atoms with van der Waals surface area (Å²) in [7, 11) is 0. The minimum absolute atomic E-state index is 0.971. The Hall–Kier alpha value is -0.520. The first kappa shape index (κ1) is 12.5. The van der Waals surface area contributed by atoms with Gasteiger partial charge in [0.05, 0.1) is 0 Å². The van der Waals surface area contributed by atoms with Gasteiger partial charge in [-0.1, -0.05) is 50.0 Å². The van der Waals surface area contributed by atoms with E-state index in [0.29, 0.717) is 0 Å². The minimum Gasteiger partial charge on any atom is -0.0885 e. The number of allylic oxidation sites excluding steroid dienone is 4. The van der Waals surface area contributed by atoms with E-state index in [0.717, 1.165) is 5.92 Å². The van der Waals surface area contributed by atoms with Crippen LogP contribution in [0.2, 0.25) is 0 Å². The van der Waals surface area contributed by atoms with Crippen LogP contribution in [0.5, 0.6) is 0 Å². The lowest BCUT2D eigenvalue weighted by Crippen LogP contribution is -1.78. The molecule has 0 aromatic rings. The first-order valence-electron chi connectivity index (χ1n) is 6.68. The maximum Gasteiger partial charge on any atom is -0.0166 e. The molecule has 1 saturated carbocycles. The molecular formula is C15H26. The predicted molar refractivity (Wildman–Crippen MR) is 69.0 cm³/mol. The van der Waals surface area contributed by atoms with Crippen LogP contribution in [0.25, 0.3) is 0 Å². The van der Waals surface area contributed by atoms with E-state index in [1.54, 1.807) is 5.57 Å². The summed E-state index contributed by atoms with van der Waals surface area (Å²) in [6.45, 7) is 4.42. The van der Waals surface area contributed by atoms with Crippen molar-refractivity contribution in [2.75, 3.05) is 0 Å². The highest BCUT2D eigenvalue weighted by Crippen LogP contribution is 2.41. The van der Waals surface area contributed by atoms with E-state index in [-0.39, 0.29) is 0 Å². The number of hydrogen-bond donors (Lipinski definition) is 0. The first-order valence-corrected chi connectivity index (χ1v) is 6.68. The largest absolute Gasteiger partial charge is 0.0885 e. The molecule has 1 unspecified atom stereocenters. The van der Waals surface area contributed by atoms with Crippen LogP contribution in [0.1, 0.15) is 65.2 Å². The van der Waals surface area contributed by atoms with Crippen molar-refractivity contribution >= 4 is 0 Å². The predicted octanol–water partition coefficient (Wildman–Crippen LogP) is 5.26. The second-order valence-corrected chi connectivity index (χ2v) is 4.66. The van der Waals surface area contributed by atoms with Crippen molar-refractivity contribution < 1.29 is 0 Å². The van der Waals surface area contributed by atoms with Crippen LogP contribution in [0, 0.1) is 5.92 Å². The SMILES string of the molecule is CC=C1CC1CCCCC=CCCCC. The van der Waals surface area contributed by atoms with Gasteiger partial charge >= 0.3 is 0 Å². The van der Waals surface area contributed by atoms with Crippen LogP contribution in [0.4, 0.5) is 0 Å². The van der Waals surface area contributed by atoms with E-state index in [4.69, 9.17) is 0 Å². The fourth-order valence-corrected chi connectivity index (χ4v) is 2.08. The van der Waals surface area contributed by atoms with Gasteiger partial charge in [-0.25, -0.2) is 0 Å². The topological polar surface area (TPSA) is 0 Å². The van der Waals surface area contributed by atoms with Gasteiger partial charge in [0, 0.05) is 0 Å². The monoisotopic (exact) mass is 206 g/mol. The van der Waals surface area contributed by atoms with Gasteiger partial charge in [0.1, 0.15) is 0 Å². The van der Waals surface area contributed by atoms with Crippen molar-refractivity contribution in [3.63, 3.8) is 0 Å². The Morgan fingerprint density at radius 3 is 2.47 bits per heavy atom. The van der Waals surface area contributed by atoms with Crippen LogP contribution in [-0.4, -0.2) is 0 Å². The smallest absolute Gasteiger partial charge is 0.0166 e. The van der Waals surface area contributed by atoms with Gasteiger partial charge in [-0.3, -0.25) is 0 Å². The Bertz CT molecular complexity index is 210. The fourth-order valence-electron chi connectivity index (χ4n) is 2.08. The molecule has 0 heteroatoms. The molecule has 0 radical (unpaired) electrons. The van der Waals surface area contributed by atoms with Crippen LogP contribution in [0.15, 0.2) is 23.8 Å². The van der Waals surface area contributed by atoms with Crippen molar-refractivity contribution in [2.24, 2.45) is 5.92 Å². The van der Waals surface area contributed by atoms with E-state index in [9.17, 15) is 0 Å². The molecule has 0 heterocycles. The summed E-state index contributed by atoms with van der Waals surface area (Å²) in [5.74, 6) is 0.971. The quantitative estimate of drug-likeness (QED) is 0.375. The summed E-state index contributed by atoms with van der Waals surface area (Å²) in [4.78, 5) is 0. The average molecular weight is 206 g/mol. The van der Waals surface area contributed by atoms with Crippen molar-refractivity contribution in [1.29, 1.82) is 0 Å². The highest BCUT2D eigenvalue weighted by atomic mass is 14.3. The van der Waals surface area contributed by atoms with E-state index in [1.165, 1.54) is 51.4 Å². The molecule has 1 fully saturated rings. The van der Waals surface area contributed by atoms with Gasteiger partial charge in [-0.2, -0.15) is 0 Å². The molecule has 1 atom stereocenters. The van der Waals surface area contributed by atoms with E-state index >= 15 is 0 Å². The molecule has 86 valence electrons. The number of unbranched alkanes of at least 4 members (excludes halogenated alkanes) is 4. The molecule has 0 amide bonds. The summed E-state index contributed by atoms with van der Waals surface area (Å²) < 4.78 is 0. The molecule has 0 spiro atoms. The average Bonchev–Trinajstić information content (AvgIpc) is 3.01. The van der Waals surface area contributed by atoms with Crippen LogP contribution >= 0.6 is 0 Å². The Balaban J connectivity index is 1.83. The maximum absolute atomic E-state index is 2.37. The van der Waals surface area contributed by atoms with Crippen molar-refractivity contribution in [3.8, 4) is 0 Å². The van der Waals surface area contributed by atoms with Crippen molar-refractivity contribution in [2.45, 2.75) is 65.2 Å². The molecule has 15 heavy (non-hydrogen) atoms. The van der Waals surface area contributed by atoms with Gasteiger partial charge in [-0.05, 0) is 44.9 Å². The summed E-state index contributed by atoms with van der Waals surface area (Å²) in [6, 6.07) is 0. The standard InChI is InChI=1S/C15H26/c1-3-5-6-7-8-9-10-11-12-15-13-14(15)4-2/h4,7-8,15H,3,5-6,9-13H2,1-2H3. The Morgan fingerprint density at radius 2 is 1.87 bits per heavy atom. The summed E-state index contributed by atoms with van der Waals surface area (Å²) in [5, 5.41) is 0. The molecule has 1 aliphatic carbocycles. The lowest BCUT2D eigenvalue weighted by atomic mass is 10.1.